The molecule has 0 fully saturated rings. The average molecular weight is 1130 g/mol. The van der Waals surface area contributed by atoms with Gasteiger partial charge in [0.05, 0.1) is 5.69 Å². The largest absolute Gasteiger partial charge is 0.507 e. The van der Waals surface area contributed by atoms with Crippen LogP contribution >= 0.6 is 0 Å². The molecule has 0 aromatic heterocycles. The Labute approximate surface area is 500 Å². The molecule has 424 valence electrons. The van der Waals surface area contributed by atoms with Gasteiger partial charge in [0.2, 0.25) is 0 Å². The summed E-state index contributed by atoms with van der Waals surface area (Å²) in [6, 6.07) is 86.2. The van der Waals surface area contributed by atoms with Gasteiger partial charge in [-0.1, -0.05) is 182 Å². The number of ether oxygens (including phenoxy) is 7. The third-order valence-corrected chi connectivity index (χ3v) is 14.4. The molecule has 0 radical (unpaired) electrons. The van der Waals surface area contributed by atoms with Crippen LogP contribution in [0.4, 0.5) is 5.69 Å². The number of phenolic OH excluding ortho intramolecular Hbond substituents is 2. The highest BCUT2D eigenvalue weighted by atomic mass is 16.5. The fraction of sp³-hybridized carbons (Fsp3) is 0.0921. The van der Waals surface area contributed by atoms with E-state index in [-0.39, 0.29) is 31.3 Å². The smallest absolute Gasteiger partial charge is 0.124 e. The van der Waals surface area contributed by atoms with E-state index in [9.17, 15) is 10.2 Å². The molecule has 0 aliphatic heterocycles. The lowest BCUT2D eigenvalue weighted by atomic mass is 9.92. The van der Waals surface area contributed by atoms with Crippen LogP contribution in [0.2, 0.25) is 0 Å². The number of aromatic hydroxyl groups is 2. The second kappa shape index (κ2) is 27.0. The van der Waals surface area contributed by atoms with Gasteiger partial charge in [0.15, 0.2) is 0 Å². The summed E-state index contributed by atoms with van der Waals surface area (Å²) in [5, 5.41) is 26.6. The number of nitrogens with zero attached hydrogens (tertiary/aromatic N) is 1. The summed E-state index contributed by atoms with van der Waals surface area (Å²) in [5.74, 6) is 4.32. The maximum atomic E-state index is 11.5. The van der Waals surface area contributed by atoms with Crippen molar-refractivity contribution in [2.45, 2.75) is 46.2 Å². The number of phenols is 2. The molecular formula is C76H61NO9. The molecule has 10 nitrogen and oxygen atoms in total. The summed E-state index contributed by atoms with van der Waals surface area (Å²) in [4.78, 5) is 4.99. The van der Waals surface area contributed by atoms with Crippen LogP contribution in [0, 0.1) is 0 Å². The first-order valence-electron chi connectivity index (χ1n) is 28.4. The van der Waals surface area contributed by atoms with Crippen molar-refractivity contribution in [3.8, 4) is 62.9 Å². The molecule has 0 aliphatic carbocycles. The molecule has 0 spiro atoms. The molecule has 12 aromatic rings. The van der Waals surface area contributed by atoms with E-state index >= 15 is 0 Å². The predicted octanol–water partition coefficient (Wildman–Crippen LogP) is 17.9. The maximum Gasteiger partial charge on any atom is 0.124 e. The van der Waals surface area contributed by atoms with Gasteiger partial charge in [-0.3, -0.25) is 4.99 Å². The third-order valence-electron chi connectivity index (χ3n) is 14.4. The van der Waals surface area contributed by atoms with E-state index in [0.29, 0.717) is 83.5 Å². The molecule has 0 aliphatic rings. The Kier molecular flexibility index (Phi) is 17.4. The lowest BCUT2D eigenvalue weighted by molar-refractivity contribution is 0.273. The monoisotopic (exact) mass is 1130 g/mol. The van der Waals surface area contributed by atoms with E-state index in [1.165, 1.54) is 0 Å². The van der Waals surface area contributed by atoms with Gasteiger partial charge >= 0.3 is 0 Å². The second-order valence-electron chi connectivity index (χ2n) is 20.7. The lowest BCUT2D eigenvalue weighted by Gasteiger charge is -2.16. The number of hydrogen-bond acceptors (Lipinski definition) is 10. The number of benzene rings is 12. The van der Waals surface area contributed by atoms with Gasteiger partial charge in [-0.25, -0.2) is 0 Å². The molecule has 0 amide bonds. The van der Waals surface area contributed by atoms with Gasteiger partial charge in [0.1, 0.15) is 98.0 Å². The fourth-order valence-corrected chi connectivity index (χ4v) is 10.1. The van der Waals surface area contributed by atoms with Gasteiger partial charge in [-0.15, -0.1) is 0 Å². The molecular weight excluding hydrogens is 1070 g/mol. The summed E-state index contributed by atoms with van der Waals surface area (Å²) >= 11 is 0. The molecule has 0 heterocycles. The normalized spacial score (nSPS) is 11.2. The van der Waals surface area contributed by atoms with Crippen LogP contribution in [0.3, 0.4) is 0 Å². The summed E-state index contributed by atoms with van der Waals surface area (Å²) in [6.45, 7) is 2.00. The van der Waals surface area contributed by atoms with E-state index in [1.54, 1.807) is 30.5 Å². The first-order valence-corrected chi connectivity index (χ1v) is 28.4. The van der Waals surface area contributed by atoms with E-state index in [1.807, 2.05) is 243 Å². The molecule has 0 unspecified atom stereocenters. The fourth-order valence-electron chi connectivity index (χ4n) is 10.1. The van der Waals surface area contributed by atoms with Crippen molar-refractivity contribution >= 4 is 33.4 Å². The molecule has 0 atom stereocenters. The van der Waals surface area contributed by atoms with Crippen LogP contribution in [0.5, 0.6) is 51.7 Å². The van der Waals surface area contributed by atoms with Crippen LogP contribution < -0.4 is 33.2 Å². The van der Waals surface area contributed by atoms with Crippen molar-refractivity contribution in [1.29, 1.82) is 0 Å². The first kappa shape index (κ1) is 55.6. The number of fused-ring (bicyclic) bond motifs is 2. The Morgan fingerprint density at radius 2 is 0.593 bits per heavy atom. The van der Waals surface area contributed by atoms with Crippen LogP contribution in [0.25, 0.3) is 32.7 Å². The topological polar surface area (TPSA) is 117 Å². The standard InChI is InChI=1S/C76H61NO9/c78-73-34-31-63(41-62(73)45-77-72-32-29-60-25-13-15-27-70(60)75(72)76-71-28-16-14-26-61(71)30-33-74(76)79)80-50-57-35-68(85-51-58-37-64(81-46-53-17-5-1-6-18-53)42-65(38-58)82-47-54-19-7-2-8-20-54)44-69(36-57)86-52-59-39-66(83-48-55-21-9-3-10-22-55)43-67(40-59)84-49-56-23-11-4-12-24-56/h1-45,78-79H,46-52H2. The first-order chi connectivity index (χ1) is 42.4. The third kappa shape index (κ3) is 14.4. The Balaban J connectivity index is 0.827. The molecule has 12 rings (SSSR count). The Bertz CT molecular complexity index is 3990. The Morgan fingerprint density at radius 1 is 0.267 bits per heavy atom. The number of hydrogen-bond donors (Lipinski definition) is 2. The second-order valence-corrected chi connectivity index (χ2v) is 20.7. The average Bonchev–Trinajstić information content (AvgIpc) is 1.06. The van der Waals surface area contributed by atoms with Crippen molar-refractivity contribution in [2.24, 2.45) is 4.99 Å². The zero-order valence-electron chi connectivity index (χ0n) is 47.1. The van der Waals surface area contributed by atoms with Crippen LogP contribution in [0.1, 0.15) is 44.5 Å². The molecule has 10 heteroatoms. The van der Waals surface area contributed by atoms with E-state index in [2.05, 4.69) is 0 Å². The van der Waals surface area contributed by atoms with Gasteiger partial charge in [0, 0.05) is 41.1 Å². The summed E-state index contributed by atoms with van der Waals surface area (Å²) < 4.78 is 45.2. The van der Waals surface area contributed by atoms with Crippen LogP contribution in [0.15, 0.2) is 272 Å². The van der Waals surface area contributed by atoms with Crippen LogP contribution in [-0.4, -0.2) is 16.4 Å². The number of aliphatic imine (C=N–C) groups is 1. The van der Waals surface area contributed by atoms with Crippen molar-refractivity contribution in [3.05, 3.63) is 311 Å². The van der Waals surface area contributed by atoms with E-state index in [0.717, 1.165) is 66.1 Å². The van der Waals surface area contributed by atoms with Crippen molar-refractivity contribution in [1.82, 2.24) is 0 Å². The van der Waals surface area contributed by atoms with Gasteiger partial charge in [-0.2, -0.15) is 0 Å². The molecule has 0 saturated carbocycles. The zero-order chi connectivity index (χ0) is 58.3. The Hall–Kier alpha value is -11.0. The minimum atomic E-state index is 0.0221. The lowest BCUT2D eigenvalue weighted by Crippen LogP contribution is -2.04. The Morgan fingerprint density at radius 3 is 1.00 bits per heavy atom. The highest BCUT2D eigenvalue weighted by Crippen LogP contribution is 2.45. The van der Waals surface area contributed by atoms with Crippen molar-refractivity contribution in [3.63, 3.8) is 0 Å². The summed E-state index contributed by atoms with van der Waals surface area (Å²) in [7, 11) is 0. The van der Waals surface area contributed by atoms with E-state index < -0.39 is 0 Å². The van der Waals surface area contributed by atoms with Crippen LogP contribution in [-0.2, 0) is 46.2 Å². The maximum absolute atomic E-state index is 11.5. The molecule has 0 saturated heterocycles. The summed E-state index contributed by atoms with van der Waals surface area (Å²) in [5.41, 5.74) is 9.12. The quantitative estimate of drug-likeness (QED) is 0.0570. The van der Waals surface area contributed by atoms with Gasteiger partial charge in [-0.05, 0) is 127 Å². The SMILES string of the molecule is Oc1ccc(OCc2cc(OCc3cc(OCc4ccccc4)cc(OCc4ccccc4)c3)cc(OCc3cc(OCc4ccccc4)cc(OCc4ccccc4)c3)c2)cc1C=Nc1ccc2ccccc2c1-c1c(O)ccc2ccccc12. The highest BCUT2D eigenvalue weighted by Gasteiger charge is 2.18. The molecule has 2 N–H and O–H groups in total. The number of rotatable bonds is 24. The van der Waals surface area contributed by atoms with Crippen molar-refractivity contribution < 1.29 is 43.4 Å². The highest BCUT2D eigenvalue weighted by molar-refractivity contribution is 6.11. The zero-order valence-corrected chi connectivity index (χ0v) is 47.1. The molecule has 86 heavy (non-hydrogen) atoms. The van der Waals surface area contributed by atoms with Gasteiger partial charge < -0.3 is 43.4 Å². The van der Waals surface area contributed by atoms with Gasteiger partial charge in [0.25, 0.3) is 0 Å². The summed E-state index contributed by atoms with van der Waals surface area (Å²) in [6.07, 6.45) is 1.62. The van der Waals surface area contributed by atoms with Crippen molar-refractivity contribution in [2.75, 3.05) is 0 Å². The van der Waals surface area contributed by atoms with E-state index in [4.69, 9.17) is 38.2 Å². The predicted molar refractivity (Wildman–Crippen MR) is 339 cm³/mol. The minimum Gasteiger partial charge on any atom is -0.507 e. The minimum absolute atomic E-state index is 0.0221. The molecule has 12 aromatic carbocycles. The molecule has 0 bridgehead atoms.